The van der Waals surface area contributed by atoms with E-state index in [0.717, 1.165) is 6.07 Å². The predicted octanol–water partition coefficient (Wildman–Crippen LogP) is 4.03. The third-order valence-corrected chi connectivity index (χ3v) is 3.22. The fraction of sp³-hybridized carbons (Fsp3) is 0.333. The molecular formula is C12H11BrF3N3O. The van der Waals surface area contributed by atoms with Crippen molar-refractivity contribution in [1.29, 1.82) is 0 Å². The number of anilines is 1. The molecule has 1 N–H and O–H groups in total. The van der Waals surface area contributed by atoms with Gasteiger partial charge in [-0.1, -0.05) is 22.9 Å². The summed E-state index contributed by atoms with van der Waals surface area (Å²) >= 11 is 2.89. The Hall–Kier alpha value is -1.57. The predicted molar refractivity (Wildman–Crippen MR) is 70.1 cm³/mol. The van der Waals surface area contributed by atoms with Crippen LogP contribution in [0.3, 0.4) is 0 Å². The number of alkyl halides is 3. The van der Waals surface area contributed by atoms with Crippen molar-refractivity contribution in [2.75, 3.05) is 5.32 Å². The van der Waals surface area contributed by atoms with Gasteiger partial charge in [0.1, 0.15) is 0 Å². The van der Waals surface area contributed by atoms with Crippen LogP contribution in [0.15, 0.2) is 27.1 Å². The van der Waals surface area contributed by atoms with Crippen LogP contribution in [0.1, 0.15) is 24.3 Å². The molecule has 20 heavy (non-hydrogen) atoms. The van der Waals surface area contributed by atoms with E-state index < -0.39 is 11.7 Å². The van der Waals surface area contributed by atoms with E-state index in [1.54, 1.807) is 0 Å². The first-order chi connectivity index (χ1) is 9.40. The van der Waals surface area contributed by atoms with Crippen LogP contribution in [0.5, 0.6) is 0 Å². The van der Waals surface area contributed by atoms with Gasteiger partial charge in [0.2, 0.25) is 11.8 Å². The first kappa shape index (κ1) is 14.8. The standard InChI is InChI=1S/C12H11BrF3N3O/c1-2-10-18-19-11(20-10)6-17-7-3-4-9(13)8(5-7)12(14,15)16/h3-5,17H,2,6H2,1H3. The van der Waals surface area contributed by atoms with Crippen molar-refractivity contribution in [3.63, 3.8) is 0 Å². The Balaban J connectivity index is 2.10. The van der Waals surface area contributed by atoms with Gasteiger partial charge in [-0.2, -0.15) is 13.2 Å². The van der Waals surface area contributed by atoms with Crippen molar-refractivity contribution in [3.05, 3.63) is 40.0 Å². The van der Waals surface area contributed by atoms with Gasteiger partial charge in [0.05, 0.1) is 12.1 Å². The molecule has 0 spiro atoms. The SMILES string of the molecule is CCc1nnc(CNc2ccc(Br)c(C(F)(F)F)c2)o1. The van der Waals surface area contributed by atoms with Crippen LogP contribution in [0, 0.1) is 0 Å². The van der Waals surface area contributed by atoms with E-state index in [0.29, 0.717) is 23.9 Å². The van der Waals surface area contributed by atoms with Gasteiger partial charge in [-0.3, -0.25) is 0 Å². The van der Waals surface area contributed by atoms with Crippen molar-refractivity contribution < 1.29 is 17.6 Å². The summed E-state index contributed by atoms with van der Waals surface area (Å²) in [6, 6.07) is 3.91. The smallest absolute Gasteiger partial charge is 0.417 e. The monoisotopic (exact) mass is 349 g/mol. The third-order valence-electron chi connectivity index (χ3n) is 2.53. The van der Waals surface area contributed by atoms with Gasteiger partial charge in [0, 0.05) is 16.6 Å². The molecule has 1 heterocycles. The molecule has 0 saturated heterocycles. The zero-order valence-corrected chi connectivity index (χ0v) is 12.0. The molecule has 1 aromatic carbocycles. The molecule has 0 unspecified atom stereocenters. The molecular weight excluding hydrogens is 339 g/mol. The van der Waals surface area contributed by atoms with Crippen LogP contribution >= 0.6 is 15.9 Å². The topological polar surface area (TPSA) is 51.0 Å². The van der Waals surface area contributed by atoms with E-state index in [1.807, 2.05) is 6.92 Å². The van der Waals surface area contributed by atoms with Crippen molar-refractivity contribution in [2.45, 2.75) is 26.1 Å². The van der Waals surface area contributed by atoms with Crippen LogP contribution in [-0.4, -0.2) is 10.2 Å². The molecule has 4 nitrogen and oxygen atoms in total. The van der Waals surface area contributed by atoms with Gasteiger partial charge in [0.15, 0.2) is 0 Å². The van der Waals surface area contributed by atoms with Crippen LogP contribution in [0.4, 0.5) is 18.9 Å². The number of aryl methyl sites for hydroxylation is 1. The molecule has 0 amide bonds. The summed E-state index contributed by atoms with van der Waals surface area (Å²) in [7, 11) is 0. The number of nitrogens with one attached hydrogen (secondary N) is 1. The molecule has 0 saturated carbocycles. The van der Waals surface area contributed by atoms with Crippen LogP contribution < -0.4 is 5.32 Å². The maximum Gasteiger partial charge on any atom is 0.417 e. The molecule has 0 radical (unpaired) electrons. The molecule has 2 aromatic rings. The molecule has 2 rings (SSSR count). The molecule has 1 aromatic heterocycles. The highest BCUT2D eigenvalue weighted by Crippen LogP contribution is 2.36. The second kappa shape index (κ2) is 5.82. The van der Waals surface area contributed by atoms with E-state index in [1.165, 1.54) is 12.1 Å². The van der Waals surface area contributed by atoms with Crippen molar-refractivity contribution in [1.82, 2.24) is 10.2 Å². The number of benzene rings is 1. The Morgan fingerprint density at radius 1 is 1.25 bits per heavy atom. The zero-order valence-electron chi connectivity index (χ0n) is 10.5. The minimum absolute atomic E-state index is 0.00149. The van der Waals surface area contributed by atoms with E-state index in [-0.39, 0.29) is 11.0 Å². The Bertz CT molecular complexity index is 598. The normalized spacial score (nSPS) is 11.7. The maximum absolute atomic E-state index is 12.7. The lowest BCUT2D eigenvalue weighted by Gasteiger charge is -2.11. The summed E-state index contributed by atoms with van der Waals surface area (Å²) in [5.41, 5.74) is -0.404. The van der Waals surface area contributed by atoms with E-state index in [2.05, 4.69) is 31.4 Å². The number of hydrogen-bond acceptors (Lipinski definition) is 4. The Morgan fingerprint density at radius 3 is 2.55 bits per heavy atom. The first-order valence-electron chi connectivity index (χ1n) is 5.82. The maximum atomic E-state index is 12.7. The summed E-state index contributed by atoms with van der Waals surface area (Å²) in [5.74, 6) is 0.826. The van der Waals surface area contributed by atoms with Crippen molar-refractivity contribution >= 4 is 21.6 Å². The van der Waals surface area contributed by atoms with Crippen LogP contribution in [0.25, 0.3) is 0 Å². The minimum atomic E-state index is -4.41. The van der Waals surface area contributed by atoms with E-state index in [4.69, 9.17) is 4.42 Å². The molecule has 0 aliphatic rings. The van der Waals surface area contributed by atoms with Gasteiger partial charge >= 0.3 is 6.18 Å². The summed E-state index contributed by atoms with van der Waals surface area (Å²) in [6.45, 7) is 2.04. The Kier molecular flexibility index (Phi) is 4.32. The molecule has 0 aliphatic heterocycles. The lowest BCUT2D eigenvalue weighted by molar-refractivity contribution is -0.138. The highest BCUT2D eigenvalue weighted by molar-refractivity contribution is 9.10. The van der Waals surface area contributed by atoms with Gasteiger partial charge in [0.25, 0.3) is 0 Å². The van der Waals surface area contributed by atoms with E-state index in [9.17, 15) is 13.2 Å². The molecule has 108 valence electrons. The summed E-state index contributed by atoms with van der Waals surface area (Å²) in [5, 5.41) is 10.4. The second-order valence-electron chi connectivity index (χ2n) is 3.99. The number of nitrogens with zero attached hydrogens (tertiary/aromatic N) is 2. The zero-order chi connectivity index (χ0) is 14.8. The lowest BCUT2D eigenvalue weighted by atomic mass is 10.2. The minimum Gasteiger partial charge on any atom is -0.423 e. The largest absolute Gasteiger partial charge is 0.423 e. The summed E-state index contributed by atoms with van der Waals surface area (Å²) < 4.78 is 43.5. The number of hydrogen-bond donors (Lipinski definition) is 1. The molecule has 0 fully saturated rings. The van der Waals surface area contributed by atoms with Crippen molar-refractivity contribution in [3.8, 4) is 0 Å². The highest BCUT2D eigenvalue weighted by Gasteiger charge is 2.33. The van der Waals surface area contributed by atoms with E-state index >= 15 is 0 Å². The Labute approximate surface area is 121 Å². The average Bonchev–Trinajstić information content (AvgIpc) is 2.84. The fourth-order valence-corrected chi connectivity index (χ4v) is 2.00. The Morgan fingerprint density at radius 2 is 1.95 bits per heavy atom. The first-order valence-corrected chi connectivity index (χ1v) is 6.61. The molecule has 0 aliphatic carbocycles. The van der Waals surface area contributed by atoms with Gasteiger partial charge in [-0.15, -0.1) is 10.2 Å². The van der Waals surface area contributed by atoms with Gasteiger partial charge in [-0.05, 0) is 18.2 Å². The fourth-order valence-electron chi connectivity index (χ4n) is 1.53. The number of aromatic nitrogens is 2. The lowest BCUT2D eigenvalue weighted by Crippen LogP contribution is -2.07. The molecule has 0 atom stereocenters. The van der Waals surface area contributed by atoms with Crippen molar-refractivity contribution in [2.24, 2.45) is 0 Å². The molecule has 8 heteroatoms. The molecule has 0 bridgehead atoms. The van der Waals surface area contributed by atoms with Gasteiger partial charge < -0.3 is 9.73 Å². The average molecular weight is 350 g/mol. The highest BCUT2D eigenvalue weighted by atomic mass is 79.9. The van der Waals surface area contributed by atoms with Crippen LogP contribution in [0.2, 0.25) is 0 Å². The number of rotatable bonds is 4. The summed E-state index contributed by atoms with van der Waals surface area (Å²) in [6.07, 6.45) is -3.79. The summed E-state index contributed by atoms with van der Waals surface area (Å²) in [4.78, 5) is 0. The quantitative estimate of drug-likeness (QED) is 0.905. The van der Waals surface area contributed by atoms with Gasteiger partial charge in [-0.25, -0.2) is 0 Å². The number of halogens is 4. The third kappa shape index (κ3) is 3.50. The van der Waals surface area contributed by atoms with Crippen LogP contribution in [-0.2, 0) is 19.1 Å². The second-order valence-corrected chi connectivity index (χ2v) is 4.84.